The number of aliphatic carboxylic acids is 2. The van der Waals surface area contributed by atoms with Gasteiger partial charge in [-0.1, -0.05) is 36.8 Å². The molecule has 0 radical (unpaired) electrons. The summed E-state index contributed by atoms with van der Waals surface area (Å²) in [7, 11) is 0. The van der Waals surface area contributed by atoms with Crippen molar-refractivity contribution in [2.75, 3.05) is 13.2 Å². The molecule has 3 amide bonds. The highest BCUT2D eigenvalue weighted by molar-refractivity contribution is 5.94. The number of hydrogen-bond acceptors (Lipinski definition) is 8. The Morgan fingerprint density at radius 2 is 1.39 bits per heavy atom. The van der Waals surface area contributed by atoms with Crippen molar-refractivity contribution in [1.82, 2.24) is 16.0 Å². The van der Waals surface area contributed by atoms with Crippen molar-refractivity contribution in [3.8, 4) is 0 Å². The largest absolute Gasteiger partial charge is 0.481 e. The topological polar surface area (TPSA) is 234 Å². The zero-order valence-electron chi connectivity index (χ0n) is 19.9. The molecule has 0 aliphatic rings. The van der Waals surface area contributed by atoms with Gasteiger partial charge < -0.3 is 42.7 Å². The minimum absolute atomic E-state index is 0.0334. The zero-order valence-corrected chi connectivity index (χ0v) is 19.9. The van der Waals surface area contributed by atoms with Crippen LogP contribution in [-0.2, 0) is 30.4 Å². The zero-order chi connectivity index (χ0) is 27.1. The Hall–Kier alpha value is -3.55. The van der Waals surface area contributed by atoms with Gasteiger partial charge in [-0.25, -0.2) is 4.79 Å². The third kappa shape index (κ3) is 11.3. The Morgan fingerprint density at radius 1 is 0.806 bits per heavy atom. The molecule has 1 rings (SSSR count). The first-order valence-electron chi connectivity index (χ1n) is 11.5. The number of nitrogens with two attached hydrogens (primary N) is 2. The first-order chi connectivity index (χ1) is 17.1. The van der Waals surface area contributed by atoms with E-state index in [4.69, 9.17) is 16.6 Å². The first kappa shape index (κ1) is 30.5. The molecule has 0 spiro atoms. The van der Waals surface area contributed by atoms with Gasteiger partial charge in [-0.2, -0.15) is 0 Å². The number of carbonyl (C=O) groups excluding carboxylic acids is 3. The highest BCUT2D eigenvalue weighted by atomic mass is 16.4. The van der Waals surface area contributed by atoms with Crippen molar-refractivity contribution in [3.63, 3.8) is 0 Å². The molecule has 0 aliphatic heterocycles. The summed E-state index contributed by atoms with van der Waals surface area (Å²) in [5, 5.41) is 34.9. The average molecular weight is 510 g/mol. The molecule has 0 heterocycles. The predicted octanol–water partition coefficient (Wildman–Crippen LogP) is -1.92. The van der Waals surface area contributed by atoms with Crippen LogP contribution in [0, 0.1) is 0 Å². The number of carboxylic acid groups (broad SMARTS) is 2. The van der Waals surface area contributed by atoms with Crippen LogP contribution in [0.1, 0.15) is 37.7 Å². The number of unbranched alkanes of at least 4 members (excludes halogenated alkanes) is 1. The van der Waals surface area contributed by atoms with E-state index in [-0.39, 0.29) is 12.8 Å². The van der Waals surface area contributed by atoms with Crippen LogP contribution in [0.5, 0.6) is 0 Å². The fourth-order valence-corrected chi connectivity index (χ4v) is 3.24. The maximum Gasteiger partial charge on any atom is 0.326 e. The molecule has 4 unspecified atom stereocenters. The third-order valence-electron chi connectivity index (χ3n) is 5.30. The van der Waals surface area contributed by atoms with Gasteiger partial charge in [0.05, 0.1) is 12.6 Å². The van der Waals surface area contributed by atoms with Gasteiger partial charge in [0.1, 0.15) is 18.1 Å². The fraction of sp³-hybridized carbons (Fsp3) is 0.522. The number of hydrogen-bond donors (Lipinski definition) is 8. The van der Waals surface area contributed by atoms with Crippen LogP contribution < -0.4 is 27.4 Å². The van der Waals surface area contributed by atoms with E-state index in [2.05, 4.69) is 16.0 Å². The Bertz CT molecular complexity index is 883. The van der Waals surface area contributed by atoms with Gasteiger partial charge in [0, 0.05) is 12.8 Å². The van der Waals surface area contributed by atoms with Crippen molar-refractivity contribution in [3.05, 3.63) is 35.9 Å². The van der Waals surface area contributed by atoms with Gasteiger partial charge >= 0.3 is 11.9 Å². The van der Waals surface area contributed by atoms with E-state index in [0.29, 0.717) is 31.4 Å². The molecule has 0 saturated carbocycles. The monoisotopic (exact) mass is 509 g/mol. The number of aliphatic hydroxyl groups excluding tert-OH is 1. The maximum absolute atomic E-state index is 12.9. The summed E-state index contributed by atoms with van der Waals surface area (Å²) < 4.78 is 0. The molecule has 13 heteroatoms. The Kier molecular flexibility index (Phi) is 13.7. The van der Waals surface area contributed by atoms with E-state index in [1.54, 1.807) is 30.3 Å². The smallest absolute Gasteiger partial charge is 0.326 e. The maximum atomic E-state index is 12.9. The van der Waals surface area contributed by atoms with Crippen LogP contribution in [0.3, 0.4) is 0 Å². The van der Waals surface area contributed by atoms with Gasteiger partial charge in [0.25, 0.3) is 0 Å². The number of carbonyl (C=O) groups is 5. The van der Waals surface area contributed by atoms with E-state index < -0.39 is 66.9 Å². The lowest BCUT2D eigenvalue weighted by molar-refractivity contribution is -0.143. The molecule has 4 atom stereocenters. The van der Waals surface area contributed by atoms with Gasteiger partial charge in [0.15, 0.2) is 0 Å². The summed E-state index contributed by atoms with van der Waals surface area (Å²) in [4.78, 5) is 60.4. The van der Waals surface area contributed by atoms with Gasteiger partial charge in [-0.3, -0.25) is 19.2 Å². The molecule has 0 aliphatic carbocycles. The summed E-state index contributed by atoms with van der Waals surface area (Å²) >= 11 is 0. The summed E-state index contributed by atoms with van der Waals surface area (Å²) in [6.45, 7) is -0.330. The number of amides is 3. The van der Waals surface area contributed by atoms with E-state index in [0.717, 1.165) is 0 Å². The van der Waals surface area contributed by atoms with Crippen LogP contribution in [0.25, 0.3) is 0 Å². The van der Waals surface area contributed by atoms with Crippen LogP contribution in [0.15, 0.2) is 30.3 Å². The number of carboxylic acids is 2. The minimum Gasteiger partial charge on any atom is -0.481 e. The number of rotatable bonds is 17. The van der Waals surface area contributed by atoms with Crippen LogP contribution in [0.2, 0.25) is 0 Å². The minimum atomic E-state index is -1.50. The van der Waals surface area contributed by atoms with Gasteiger partial charge in [0.2, 0.25) is 17.7 Å². The molecule has 0 saturated heterocycles. The lowest BCUT2D eigenvalue weighted by atomic mass is 10.0. The third-order valence-corrected chi connectivity index (χ3v) is 5.30. The molecule has 10 N–H and O–H groups in total. The van der Waals surface area contributed by atoms with Crippen LogP contribution >= 0.6 is 0 Å². The summed E-state index contributed by atoms with van der Waals surface area (Å²) in [6.07, 6.45) is 0.720. The number of aliphatic hydroxyl groups is 1. The summed E-state index contributed by atoms with van der Waals surface area (Å²) in [5.74, 6) is -5.07. The molecule has 13 nitrogen and oxygen atoms in total. The van der Waals surface area contributed by atoms with E-state index in [1.165, 1.54) is 0 Å². The Balaban J connectivity index is 2.96. The standard InChI is InChI=1S/C23H35N5O8/c24-11-5-4-8-15(25)20(32)28-18(13-29)22(34)27-17(12-14-6-2-1-3-7-14)21(33)26-16(23(35)36)9-10-19(30)31/h1-3,6-7,15-18,29H,4-5,8-13,24-25H2,(H,26,33)(H,27,34)(H,28,32)(H,30,31)(H,35,36). The molecule has 200 valence electrons. The highest BCUT2D eigenvalue weighted by Crippen LogP contribution is 2.06. The average Bonchev–Trinajstić information content (AvgIpc) is 2.84. The number of nitrogens with one attached hydrogen (secondary N) is 3. The van der Waals surface area contributed by atoms with Crippen molar-refractivity contribution in [2.45, 2.75) is 62.7 Å². The lowest BCUT2D eigenvalue weighted by Gasteiger charge is -2.24. The van der Waals surface area contributed by atoms with Crippen molar-refractivity contribution in [1.29, 1.82) is 0 Å². The second kappa shape index (κ2) is 16.2. The van der Waals surface area contributed by atoms with E-state index >= 15 is 0 Å². The first-order valence-corrected chi connectivity index (χ1v) is 11.5. The van der Waals surface area contributed by atoms with Crippen molar-refractivity contribution < 1.29 is 39.3 Å². The summed E-state index contributed by atoms with van der Waals surface area (Å²) in [5.41, 5.74) is 11.9. The lowest BCUT2D eigenvalue weighted by Crippen LogP contribution is -2.58. The summed E-state index contributed by atoms with van der Waals surface area (Å²) in [6, 6.07) is 3.44. The van der Waals surface area contributed by atoms with E-state index in [1.807, 2.05) is 0 Å². The fourth-order valence-electron chi connectivity index (χ4n) is 3.24. The molecule has 36 heavy (non-hydrogen) atoms. The quantitative estimate of drug-likeness (QED) is 0.108. The van der Waals surface area contributed by atoms with Gasteiger partial charge in [-0.15, -0.1) is 0 Å². The highest BCUT2D eigenvalue weighted by Gasteiger charge is 2.30. The van der Waals surface area contributed by atoms with Crippen molar-refractivity contribution >= 4 is 29.7 Å². The second-order valence-corrected chi connectivity index (χ2v) is 8.22. The Labute approximate surface area is 208 Å². The SMILES string of the molecule is NCCCCC(N)C(=O)NC(CO)C(=O)NC(Cc1ccccc1)C(=O)NC(CCC(=O)O)C(=O)O. The van der Waals surface area contributed by atoms with Crippen LogP contribution in [0.4, 0.5) is 0 Å². The van der Waals surface area contributed by atoms with Crippen molar-refractivity contribution in [2.24, 2.45) is 11.5 Å². The Morgan fingerprint density at radius 3 is 1.94 bits per heavy atom. The van der Waals surface area contributed by atoms with Gasteiger partial charge in [-0.05, 0) is 31.4 Å². The predicted molar refractivity (Wildman–Crippen MR) is 128 cm³/mol. The van der Waals surface area contributed by atoms with Crippen LogP contribution in [-0.4, -0.2) is 82.3 Å². The molecular weight excluding hydrogens is 474 g/mol. The molecule has 1 aromatic carbocycles. The van der Waals surface area contributed by atoms with E-state index in [9.17, 15) is 34.2 Å². The number of benzene rings is 1. The normalized spacial score (nSPS) is 14.1. The molecule has 0 fully saturated rings. The molecule has 0 aromatic heterocycles. The molecule has 0 bridgehead atoms. The molecular formula is C23H35N5O8. The second-order valence-electron chi connectivity index (χ2n) is 8.22. The molecule has 1 aromatic rings.